The molecule has 6 heteroatoms. The van der Waals surface area contributed by atoms with Crippen molar-refractivity contribution in [3.63, 3.8) is 0 Å². The standard InChI is InChI=1S/C19H20N4O2/c1-15(25-17-5-3-2-4-6-17)19(24)21-12-14-23-13-9-18(22-23)16-7-10-20-11-8-16/h2-11,13,15H,12,14H2,1H3,(H,21,24). The first kappa shape index (κ1) is 16.7. The lowest BCUT2D eigenvalue weighted by Gasteiger charge is -2.14. The summed E-state index contributed by atoms with van der Waals surface area (Å²) in [4.78, 5) is 16.1. The highest BCUT2D eigenvalue weighted by Gasteiger charge is 2.13. The van der Waals surface area contributed by atoms with E-state index in [9.17, 15) is 4.79 Å². The molecule has 0 aliphatic heterocycles. The molecule has 0 saturated heterocycles. The SMILES string of the molecule is CC(Oc1ccccc1)C(=O)NCCn1ccc(-c2ccncc2)n1. The second-order valence-corrected chi connectivity index (χ2v) is 5.56. The molecule has 0 aliphatic rings. The van der Waals surface area contributed by atoms with Gasteiger partial charge in [-0.1, -0.05) is 18.2 Å². The number of carbonyl (C=O) groups is 1. The van der Waals surface area contributed by atoms with Gasteiger partial charge in [-0.25, -0.2) is 0 Å². The van der Waals surface area contributed by atoms with Crippen molar-refractivity contribution >= 4 is 5.91 Å². The first-order chi connectivity index (χ1) is 12.2. The molecule has 1 N–H and O–H groups in total. The minimum absolute atomic E-state index is 0.148. The van der Waals surface area contributed by atoms with Crippen LogP contribution in [0.4, 0.5) is 0 Å². The van der Waals surface area contributed by atoms with Crippen LogP contribution in [0.5, 0.6) is 5.75 Å². The van der Waals surface area contributed by atoms with Crippen molar-refractivity contribution in [2.45, 2.75) is 19.6 Å². The quantitative estimate of drug-likeness (QED) is 0.720. The fourth-order valence-corrected chi connectivity index (χ4v) is 2.36. The Balaban J connectivity index is 1.46. The van der Waals surface area contributed by atoms with Crippen molar-refractivity contribution in [2.24, 2.45) is 0 Å². The summed E-state index contributed by atoms with van der Waals surface area (Å²) < 4.78 is 7.40. The van der Waals surface area contributed by atoms with Crippen LogP contribution in [-0.4, -0.2) is 33.3 Å². The van der Waals surface area contributed by atoms with Crippen molar-refractivity contribution in [3.05, 3.63) is 67.1 Å². The van der Waals surface area contributed by atoms with Crippen molar-refractivity contribution in [1.29, 1.82) is 0 Å². The van der Waals surface area contributed by atoms with Crippen LogP contribution >= 0.6 is 0 Å². The van der Waals surface area contributed by atoms with Gasteiger partial charge in [-0.2, -0.15) is 5.10 Å². The summed E-state index contributed by atoms with van der Waals surface area (Å²) in [6.45, 7) is 2.81. The number of pyridine rings is 1. The predicted molar refractivity (Wildman–Crippen MR) is 95.0 cm³/mol. The van der Waals surface area contributed by atoms with Gasteiger partial charge in [0.2, 0.25) is 0 Å². The Kier molecular flexibility index (Phi) is 5.41. The van der Waals surface area contributed by atoms with E-state index in [2.05, 4.69) is 15.4 Å². The molecular formula is C19H20N4O2. The lowest BCUT2D eigenvalue weighted by molar-refractivity contribution is -0.127. The first-order valence-corrected chi connectivity index (χ1v) is 8.15. The third kappa shape index (κ3) is 4.67. The number of carbonyl (C=O) groups excluding carboxylic acids is 1. The predicted octanol–water partition coefficient (Wildman–Crippen LogP) is 2.53. The lowest BCUT2D eigenvalue weighted by Crippen LogP contribution is -2.37. The number of para-hydroxylation sites is 1. The van der Waals surface area contributed by atoms with E-state index in [1.807, 2.05) is 54.7 Å². The lowest BCUT2D eigenvalue weighted by atomic mass is 10.2. The monoisotopic (exact) mass is 336 g/mol. The molecule has 3 rings (SSSR count). The van der Waals surface area contributed by atoms with Crippen molar-refractivity contribution in [2.75, 3.05) is 6.54 Å². The summed E-state index contributed by atoms with van der Waals surface area (Å²) in [5.74, 6) is 0.532. The molecule has 25 heavy (non-hydrogen) atoms. The fraction of sp³-hybridized carbons (Fsp3) is 0.211. The van der Waals surface area contributed by atoms with Gasteiger partial charge >= 0.3 is 0 Å². The molecule has 0 radical (unpaired) electrons. The number of rotatable bonds is 7. The van der Waals surface area contributed by atoms with E-state index in [0.717, 1.165) is 11.3 Å². The van der Waals surface area contributed by atoms with Gasteiger partial charge in [-0.05, 0) is 37.3 Å². The average Bonchev–Trinajstić information content (AvgIpc) is 3.12. The zero-order chi connectivity index (χ0) is 17.5. The summed E-state index contributed by atoms with van der Waals surface area (Å²) in [6, 6.07) is 15.1. The summed E-state index contributed by atoms with van der Waals surface area (Å²) in [7, 11) is 0. The molecule has 1 aromatic carbocycles. The molecule has 0 aliphatic carbocycles. The van der Waals surface area contributed by atoms with E-state index in [-0.39, 0.29) is 5.91 Å². The molecule has 1 atom stereocenters. The van der Waals surface area contributed by atoms with Crippen LogP contribution in [0.15, 0.2) is 67.1 Å². The highest BCUT2D eigenvalue weighted by molar-refractivity contribution is 5.80. The molecule has 0 fully saturated rings. The highest BCUT2D eigenvalue weighted by atomic mass is 16.5. The number of ether oxygens (including phenoxy) is 1. The smallest absolute Gasteiger partial charge is 0.260 e. The molecule has 0 saturated carbocycles. The first-order valence-electron chi connectivity index (χ1n) is 8.15. The Morgan fingerprint density at radius 1 is 1.16 bits per heavy atom. The third-order valence-corrected chi connectivity index (χ3v) is 3.68. The molecule has 0 spiro atoms. The maximum Gasteiger partial charge on any atom is 0.260 e. The normalized spacial score (nSPS) is 11.7. The van der Waals surface area contributed by atoms with E-state index in [0.29, 0.717) is 18.8 Å². The summed E-state index contributed by atoms with van der Waals surface area (Å²) in [5.41, 5.74) is 1.90. The molecule has 1 unspecified atom stereocenters. The molecule has 6 nitrogen and oxygen atoms in total. The van der Waals surface area contributed by atoms with Crippen LogP contribution in [-0.2, 0) is 11.3 Å². The number of amides is 1. The second kappa shape index (κ2) is 8.10. The summed E-state index contributed by atoms with van der Waals surface area (Å²) in [5, 5.41) is 7.36. The Bertz CT molecular complexity index is 803. The molecule has 128 valence electrons. The Labute approximate surface area is 146 Å². The number of hydrogen-bond donors (Lipinski definition) is 1. The van der Waals surface area contributed by atoms with Crippen LogP contribution in [0.25, 0.3) is 11.3 Å². The van der Waals surface area contributed by atoms with E-state index in [4.69, 9.17) is 4.74 Å². The van der Waals surface area contributed by atoms with Crippen molar-refractivity contribution in [3.8, 4) is 17.0 Å². The summed E-state index contributed by atoms with van der Waals surface area (Å²) in [6.07, 6.45) is 4.82. The summed E-state index contributed by atoms with van der Waals surface area (Å²) >= 11 is 0. The maximum absolute atomic E-state index is 12.1. The zero-order valence-electron chi connectivity index (χ0n) is 14.0. The van der Waals surface area contributed by atoms with Gasteiger partial charge < -0.3 is 10.1 Å². The van der Waals surface area contributed by atoms with Crippen molar-refractivity contribution in [1.82, 2.24) is 20.1 Å². The zero-order valence-corrected chi connectivity index (χ0v) is 14.0. The fourth-order valence-electron chi connectivity index (χ4n) is 2.36. The Morgan fingerprint density at radius 2 is 1.92 bits per heavy atom. The molecule has 2 aromatic heterocycles. The number of nitrogens with one attached hydrogen (secondary N) is 1. The van der Waals surface area contributed by atoms with Crippen LogP contribution in [0.1, 0.15) is 6.92 Å². The van der Waals surface area contributed by atoms with Crippen LogP contribution in [0, 0.1) is 0 Å². The highest BCUT2D eigenvalue weighted by Crippen LogP contribution is 2.14. The molecule has 2 heterocycles. The van der Waals surface area contributed by atoms with Crippen LogP contribution < -0.4 is 10.1 Å². The number of nitrogens with zero attached hydrogens (tertiary/aromatic N) is 3. The van der Waals surface area contributed by atoms with Gasteiger partial charge in [0.25, 0.3) is 5.91 Å². The van der Waals surface area contributed by atoms with Gasteiger partial charge in [0.15, 0.2) is 6.10 Å². The Morgan fingerprint density at radius 3 is 2.68 bits per heavy atom. The number of benzene rings is 1. The van der Waals surface area contributed by atoms with E-state index in [1.54, 1.807) is 24.0 Å². The second-order valence-electron chi connectivity index (χ2n) is 5.56. The molecular weight excluding hydrogens is 316 g/mol. The topological polar surface area (TPSA) is 69.0 Å². The average molecular weight is 336 g/mol. The number of hydrogen-bond acceptors (Lipinski definition) is 4. The molecule has 1 amide bonds. The van der Waals surface area contributed by atoms with E-state index in [1.165, 1.54) is 0 Å². The number of aromatic nitrogens is 3. The van der Waals surface area contributed by atoms with Gasteiger partial charge in [0.05, 0.1) is 12.2 Å². The van der Waals surface area contributed by atoms with E-state index < -0.39 is 6.10 Å². The maximum atomic E-state index is 12.1. The minimum atomic E-state index is -0.549. The Hall–Kier alpha value is -3.15. The van der Waals surface area contributed by atoms with Gasteiger partial charge in [-0.15, -0.1) is 0 Å². The largest absolute Gasteiger partial charge is 0.481 e. The van der Waals surface area contributed by atoms with Crippen LogP contribution in [0.2, 0.25) is 0 Å². The van der Waals surface area contributed by atoms with Gasteiger partial charge in [0, 0.05) is 30.7 Å². The van der Waals surface area contributed by atoms with Crippen LogP contribution in [0.3, 0.4) is 0 Å². The molecule has 0 bridgehead atoms. The third-order valence-electron chi connectivity index (χ3n) is 3.68. The van der Waals surface area contributed by atoms with Crippen molar-refractivity contribution < 1.29 is 9.53 Å². The van der Waals surface area contributed by atoms with Gasteiger partial charge in [0.1, 0.15) is 5.75 Å². The van der Waals surface area contributed by atoms with Gasteiger partial charge in [-0.3, -0.25) is 14.5 Å². The molecule has 3 aromatic rings. The van der Waals surface area contributed by atoms with E-state index >= 15 is 0 Å². The minimum Gasteiger partial charge on any atom is -0.481 e.